The minimum Gasteiger partial charge on any atom is -0.456 e. The monoisotopic (exact) mass is 739 g/mol. The molecule has 272 valence electrons. The fourth-order valence-corrected chi connectivity index (χ4v) is 8.66. The van der Waals surface area contributed by atoms with Crippen molar-refractivity contribution in [3.8, 4) is 44.5 Å². The lowest BCUT2D eigenvalue weighted by molar-refractivity contribution is 0.669. The van der Waals surface area contributed by atoms with Crippen LogP contribution in [0.1, 0.15) is 0 Å². The number of anilines is 3. The first-order valence-electron chi connectivity index (χ1n) is 19.8. The zero-order chi connectivity index (χ0) is 38.4. The maximum atomic E-state index is 6.39. The van der Waals surface area contributed by atoms with Crippen LogP contribution in [0.25, 0.3) is 88.0 Å². The maximum Gasteiger partial charge on any atom is 0.136 e. The van der Waals surface area contributed by atoms with Gasteiger partial charge >= 0.3 is 0 Å². The summed E-state index contributed by atoms with van der Waals surface area (Å²) in [6.07, 6.45) is 0. The number of para-hydroxylation sites is 2. The molecule has 0 aliphatic heterocycles. The van der Waals surface area contributed by atoms with Crippen molar-refractivity contribution >= 4 is 60.5 Å². The van der Waals surface area contributed by atoms with Gasteiger partial charge < -0.3 is 9.32 Å². The Bertz CT molecular complexity index is 3290. The summed E-state index contributed by atoms with van der Waals surface area (Å²) < 4.78 is 6.39. The van der Waals surface area contributed by atoms with Crippen LogP contribution >= 0.6 is 0 Å². The topological polar surface area (TPSA) is 16.4 Å². The van der Waals surface area contributed by atoms with Crippen LogP contribution in [0.3, 0.4) is 0 Å². The molecule has 0 fully saturated rings. The fourth-order valence-electron chi connectivity index (χ4n) is 8.66. The second kappa shape index (κ2) is 14.1. The average Bonchev–Trinajstić information content (AvgIpc) is 3.67. The summed E-state index contributed by atoms with van der Waals surface area (Å²) in [6.45, 7) is 0. The first-order valence-corrected chi connectivity index (χ1v) is 19.8. The van der Waals surface area contributed by atoms with E-state index in [1.807, 2.05) is 12.1 Å². The minimum absolute atomic E-state index is 0.881. The van der Waals surface area contributed by atoms with Crippen LogP contribution in [-0.4, -0.2) is 0 Å². The predicted octanol–water partition coefficient (Wildman–Crippen LogP) is 16.0. The second-order valence-corrected chi connectivity index (χ2v) is 14.9. The molecular formula is C56H37NO. The lowest BCUT2D eigenvalue weighted by atomic mass is 9.93. The van der Waals surface area contributed by atoms with Crippen LogP contribution in [0.2, 0.25) is 0 Å². The summed E-state index contributed by atoms with van der Waals surface area (Å²) in [7, 11) is 0. The molecule has 2 heteroatoms. The van der Waals surface area contributed by atoms with E-state index in [1.54, 1.807) is 0 Å². The quantitative estimate of drug-likeness (QED) is 0.162. The van der Waals surface area contributed by atoms with Crippen LogP contribution in [-0.2, 0) is 0 Å². The summed E-state index contributed by atoms with van der Waals surface area (Å²) in [6, 6.07) is 80.8. The highest BCUT2D eigenvalue weighted by Gasteiger charge is 2.20. The Morgan fingerprint density at radius 1 is 0.276 bits per heavy atom. The zero-order valence-corrected chi connectivity index (χ0v) is 31.7. The van der Waals surface area contributed by atoms with Crippen LogP contribution in [0.5, 0.6) is 0 Å². The van der Waals surface area contributed by atoms with E-state index in [4.69, 9.17) is 4.42 Å². The summed E-state index contributed by atoms with van der Waals surface area (Å²) in [4.78, 5) is 2.40. The molecule has 0 unspecified atom stereocenters. The molecule has 0 spiro atoms. The highest BCUT2D eigenvalue weighted by Crippen LogP contribution is 2.44. The minimum atomic E-state index is 0.881. The van der Waals surface area contributed by atoms with E-state index in [-0.39, 0.29) is 0 Å². The second-order valence-electron chi connectivity index (χ2n) is 14.9. The smallest absolute Gasteiger partial charge is 0.136 e. The molecule has 2 nitrogen and oxygen atoms in total. The fraction of sp³-hybridized carbons (Fsp3) is 0. The van der Waals surface area contributed by atoms with Crippen LogP contribution in [0, 0.1) is 0 Å². The van der Waals surface area contributed by atoms with Crippen molar-refractivity contribution in [3.63, 3.8) is 0 Å². The summed E-state index contributed by atoms with van der Waals surface area (Å²) in [5, 5.41) is 7.21. The number of nitrogens with zero attached hydrogens (tertiary/aromatic N) is 1. The summed E-state index contributed by atoms with van der Waals surface area (Å²) >= 11 is 0. The predicted molar refractivity (Wildman–Crippen MR) is 245 cm³/mol. The Morgan fingerprint density at radius 3 is 1.69 bits per heavy atom. The van der Waals surface area contributed by atoms with E-state index in [9.17, 15) is 0 Å². The van der Waals surface area contributed by atoms with Gasteiger partial charge in [0.25, 0.3) is 0 Å². The molecule has 1 aromatic heterocycles. The molecule has 1 heterocycles. The van der Waals surface area contributed by atoms with E-state index >= 15 is 0 Å². The number of rotatable bonds is 7. The Kier molecular flexibility index (Phi) is 8.19. The Balaban J connectivity index is 1.07. The first kappa shape index (κ1) is 33.6. The lowest BCUT2D eigenvalue weighted by Gasteiger charge is -2.28. The van der Waals surface area contributed by atoms with E-state index in [1.165, 1.54) is 49.4 Å². The van der Waals surface area contributed by atoms with Gasteiger partial charge in [0, 0.05) is 27.7 Å². The Labute approximate surface area is 337 Å². The van der Waals surface area contributed by atoms with Crippen LogP contribution < -0.4 is 4.90 Å². The lowest BCUT2D eigenvalue weighted by Crippen LogP contribution is -2.11. The Morgan fingerprint density at radius 2 is 0.845 bits per heavy atom. The van der Waals surface area contributed by atoms with Gasteiger partial charge in [-0.2, -0.15) is 0 Å². The summed E-state index contributed by atoms with van der Waals surface area (Å²) in [5.41, 5.74) is 14.4. The zero-order valence-electron chi connectivity index (χ0n) is 31.7. The van der Waals surface area contributed by atoms with E-state index in [2.05, 4.69) is 217 Å². The van der Waals surface area contributed by atoms with Gasteiger partial charge in [0.15, 0.2) is 0 Å². The van der Waals surface area contributed by atoms with Gasteiger partial charge in [-0.15, -0.1) is 0 Å². The molecule has 0 amide bonds. The number of hydrogen-bond acceptors (Lipinski definition) is 2. The molecule has 11 aromatic rings. The van der Waals surface area contributed by atoms with Gasteiger partial charge in [-0.25, -0.2) is 0 Å². The van der Waals surface area contributed by atoms with Crippen LogP contribution in [0.15, 0.2) is 229 Å². The third-order valence-electron chi connectivity index (χ3n) is 11.5. The van der Waals surface area contributed by atoms with Crippen molar-refractivity contribution in [2.24, 2.45) is 0 Å². The molecule has 0 atom stereocenters. The van der Waals surface area contributed by atoms with Gasteiger partial charge in [0.05, 0.1) is 5.69 Å². The molecule has 0 saturated heterocycles. The Hall–Kier alpha value is -7.68. The molecule has 0 aliphatic carbocycles. The van der Waals surface area contributed by atoms with Crippen molar-refractivity contribution in [3.05, 3.63) is 224 Å². The van der Waals surface area contributed by atoms with Gasteiger partial charge in [-0.3, -0.25) is 0 Å². The number of hydrogen-bond donors (Lipinski definition) is 0. The van der Waals surface area contributed by atoms with E-state index in [0.717, 1.165) is 55.7 Å². The number of fused-ring (bicyclic) bond motifs is 5. The van der Waals surface area contributed by atoms with Crippen molar-refractivity contribution in [1.82, 2.24) is 0 Å². The largest absolute Gasteiger partial charge is 0.456 e. The standard InChI is InChI=1S/C56H37NO/c1-2-15-41-35-43(28-27-38(41)13-1)50-21-6-5-20-49(50)42-17-11-18-46(36-42)57(45-32-29-40(30-33-45)48-24-12-16-39-14-3-4-19-47(39)48)54-25-9-7-22-51(54)44-31-34-53-52-23-8-10-26-55(52)58-56(53)37-44/h1-37H. The van der Waals surface area contributed by atoms with Gasteiger partial charge in [-0.05, 0) is 115 Å². The third-order valence-corrected chi connectivity index (χ3v) is 11.5. The van der Waals surface area contributed by atoms with E-state index in [0.29, 0.717) is 0 Å². The number of benzene rings is 10. The normalized spacial score (nSPS) is 11.4. The molecule has 11 rings (SSSR count). The maximum absolute atomic E-state index is 6.39. The SMILES string of the molecule is c1cc(-c2ccccc2-c2ccc3ccccc3c2)cc(N(c2ccc(-c3cccc4ccccc34)cc2)c2ccccc2-c2ccc3c(c2)oc2ccccc23)c1. The molecular weight excluding hydrogens is 703 g/mol. The van der Waals surface area contributed by atoms with Crippen molar-refractivity contribution in [2.45, 2.75) is 0 Å². The highest BCUT2D eigenvalue weighted by atomic mass is 16.3. The van der Waals surface area contributed by atoms with Gasteiger partial charge in [-0.1, -0.05) is 170 Å². The van der Waals surface area contributed by atoms with Crippen molar-refractivity contribution < 1.29 is 4.42 Å². The molecule has 0 N–H and O–H groups in total. The molecule has 10 aromatic carbocycles. The molecule has 0 aliphatic rings. The molecule has 0 bridgehead atoms. The van der Waals surface area contributed by atoms with Gasteiger partial charge in [0.1, 0.15) is 11.2 Å². The first-order chi connectivity index (χ1) is 28.7. The third kappa shape index (κ3) is 5.91. The molecule has 58 heavy (non-hydrogen) atoms. The molecule has 0 radical (unpaired) electrons. The summed E-state index contributed by atoms with van der Waals surface area (Å²) in [5.74, 6) is 0. The van der Waals surface area contributed by atoms with E-state index < -0.39 is 0 Å². The van der Waals surface area contributed by atoms with Gasteiger partial charge in [0.2, 0.25) is 0 Å². The number of furan rings is 1. The highest BCUT2D eigenvalue weighted by molar-refractivity contribution is 6.06. The molecule has 0 saturated carbocycles. The average molecular weight is 740 g/mol. The van der Waals surface area contributed by atoms with Crippen molar-refractivity contribution in [1.29, 1.82) is 0 Å². The van der Waals surface area contributed by atoms with Crippen molar-refractivity contribution in [2.75, 3.05) is 4.90 Å². The van der Waals surface area contributed by atoms with Crippen LogP contribution in [0.4, 0.5) is 17.1 Å².